The van der Waals surface area contributed by atoms with Gasteiger partial charge in [-0.25, -0.2) is 0 Å². The fourth-order valence-electron chi connectivity index (χ4n) is 2.00. The maximum atomic E-state index is 8.74. The van der Waals surface area contributed by atoms with Gasteiger partial charge in [0.1, 0.15) is 0 Å². The van der Waals surface area contributed by atoms with Crippen LogP contribution in [0.15, 0.2) is 24.3 Å². The fraction of sp³-hybridized carbons (Fsp3) is 0.417. The van der Waals surface area contributed by atoms with Gasteiger partial charge in [0.05, 0.1) is 24.8 Å². The van der Waals surface area contributed by atoms with E-state index in [4.69, 9.17) is 10.00 Å². The summed E-state index contributed by atoms with van der Waals surface area (Å²) in [6.07, 6.45) is 0. The summed E-state index contributed by atoms with van der Waals surface area (Å²) in [6.45, 7) is 3.60. The summed E-state index contributed by atoms with van der Waals surface area (Å²) < 4.78 is 5.58. The zero-order valence-corrected chi connectivity index (χ0v) is 9.52. The second-order valence-electron chi connectivity index (χ2n) is 4.27. The Morgan fingerprint density at radius 1 is 1.38 bits per heavy atom. The van der Waals surface area contributed by atoms with Gasteiger partial charge in [0, 0.05) is 12.5 Å². The summed E-state index contributed by atoms with van der Waals surface area (Å²) in [7, 11) is 2.12. The van der Waals surface area contributed by atoms with E-state index in [2.05, 4.69) is 18.9 Å². The highest BCUT2D eigenvalue weighted by atomic mass is 16.5. The SMILES string of the molecule is BN1CCOCC(c2ccc(C#N)cc2)C1. The molecule has 0 saturated carbocycles. The van der Waals surface area contributed by atoms with Crippen molar-refractivity contribution in [3.8, 4) is 6.07 Å². The third-order valence-electron chi connectivity index (χ3n) is 2.98. The van der Waals surface area contributed by atoms with Gasteiger partial charge in [-0.3, -0.25) is 0 Å². The van der Waals surface area contributed by atoms with Gasteiger partial charge < -0.3 is 9.55 Å². The van der Waals surface area contributed by atoms with Gasteiger partial charge in [-0.05, 0) is 24.2 Å². The monoisotopic (exact) mass is 214 g/mol. The molecule has 0 N–H and O–H groups in total. The molecule has 1 aliphatic heterocycles. The summed E-state index contributed by atoms with van der Waals surface area (Å²) in [5.74, 6) is 0.417. The molecule has 1 aliphatic rings. The highest BCUT2D eigenvalue weighted by Gasteiger charge is 2.17. The number of nitrogens with zero attached hydrogens (tertiary/aromatic N) is 2. The van der Waals surface area contributed by atoms with Crippen LogP contribution in [0.5, 0.6) is 0 Å². The molecule has 0 spiro atoms. The van der Waals surface area contributed by atoms with Crippen LogP contribution in [-0.2, 0) is 4.74 Å². The van der Waals surface area contributed by atoms with Crippen molar-refractivity contribution in [2.75, 3.05) is 26.3 Å². The van der Waals surface area contributed by atoms with Gasteiger partial charge in [-0.2, -0.15) is 5.26 Å². The quantitative estimate of drug-likeness (QED) is 0.639. The van der Waals surface area contributed by atoms with E-state index in [1.807, 2.05) is 24.3 Å². The topological polar surface area (TPSA) is 36.3 Å². The predicted octanol–water partition coefficient (Wildman–Crippen LogP) is 0.522. The van der Waals surface area contributed by atoms with Crippen LogP contribution >= 0.6 is 0 Å². The molecule has 1 aromatic carbocycles. The molecule has 1 atom stereocenters. The molecular weight excluding hydrogens is 199 g/mol. The van der Waals surface area contributed by atoms with E-state index >= 15 is 0 Å². The third-order valence-corrected chi connectivity index (χ3v) is 2.98. The van der Waals surface area contributed by atoms with Crippen LogP contribution in [0.4, 0.5) is 0 Å². The van der Waals surface area contributed by atoms with Crippen LogP contribution in [0.1, 0.15) is 17.0 Å². The predicted molar refractivity (Wildman–Crippen MR) is 64.8 cm³/mol. The number of hydrogen-bond acceptors (Lipinski definition) is 3. The highest BCUT2D eigenvalue weighted by Crippen LogP contribution is 2.19. The summed E-state index contributed by atoms with van der Waals surface area (Å²) >= 11 is 0. The maximum absolute atomic E-state index is 8.74. The lowest BCUT2D eigenvalue weighted by Gasteiger charge is -2.19. The first-order valence-corrected chi connectivity index (χ1v) is 5.56. The van der Waals surface area contributed by atoms with Crippen molar-refractivity contribution in [1.82, 2.24) is 4.81 Å². The first-order valence-electron chi connectivity index (χ1n) is 5.56. The zero-order valence-electron chi connectivity index (χ0n) is 9.52. The normalized spacial score (nSPS) is 22.3. The minimum Gasteiger partial charge on any atom is -0.379 e. The summed E-state index contributed by atoms with van der Waals surface area (Å²) in [6, 6.07) is 9.95. The summed E-state index contributed by atoms with van der Waals surface area (Å²) in [5.41, 5.74) is 1.97. The van der Waals surface area contributed by atoms with Gasteiger partial charge >= 0.3 is 0 Å². The molecule has 1 fully saturated rings. The van der Waals surface area contributed by atoms with Crippen molar-refractivity contribution >= 4 is 7.98 Å². The summed E-state index contributed by atoms with van der Waals surface area (Å²) in [5, 5.41) is 8.74. The van der Waals surface area contributed by atoms with E-state index in [9.17, 15) is 0 Å². The Hall–Kier alpha value is -1.31. The second-order valence-corrected chi connectivity index (χ2v) is 4.27. The van der Waals surface area contributed by atoms with Crippen molar-refractivity contribution in [3.63, 3.8) is 0 Å². The molecule has 0 aromatic heterocycles. The molecule has 2 rings (SSSR count). The van der Waals surface area contributed by atoms with E-state index < -0.39 is 0 Å². The molecule has 0 radical (unpaired) electrons. The molecule has 0 amide bonds. The molecule has 3 nitrogen and oxygen atoms in total. The lowest BCUT2D eigenvalue weighted by Crippen LogP contribution is -2.26. The Bertz CT molecular complexity index is 385. The molecule has 16 heavy (non-hydrogen) atoms. The smallest absolute Gasteiger partial charge is 0.185 e. The van der Waals surface area contributed by atoms with Crippen LogP contribution < -0.4 is 0 Å². The van der Waals surface area contributed by atoms with Crippen molar-refractivity contribution in [3.05, 3.63) is 35.4 Å². The van der Waals surface area contributed by atoms with Gasteiger partial charge in [0.15, 0.2) is 7.98 Å². The first-order chi connectivity index (χ1) is 7.79. The van der Waals surface area contributed by atoms with E-state index in [1.165, 1.54) is 5.56 Å². The summed E-state index contributed by atoms with van der Waals surface area (Å²) in [4.78, 5) is 2.29. The zero-order chi connectivity index (χ0) is 11.4. The molecule has 1 heterocycles. The van der Waals surface area contributed by atoms with Crippen LogP contribution in [0, 0.1) is 11.3 Å². The van der Waals surface area contributed by atoms with Crippen molar-refractivity contribution in [2.45, 2.75) is 5.92 Å². The maximum Gasteiger partial charge on any atom is 0.185 e. The number of ether oxygens (including phenoxy) is 1. The Morgan fingerprint density at radius 3 is 2.81 bits per heavy atom. The van der Waals surface area contributed by atoms with Crippen molar-refractivity contribution < 1.29 is 4.74 Å². The van der Waals surface area contributed by atoms with E-state index in [1.54, 1.807) is 0 Å². The number of benzene rings is 1. The molecule has 1 saturated heterocycles. The molecule has 1 aromatic rings. The second kappa shape index (κ2) is 5.15. The lowest BCUT2D eigenvalue weighted by atomic mass is 9.97. The number of nitriles is 1. The van der Waals surface area contributed by atoms with Crippen LogP contribution in [0.2, 0.25) is 0 Å². The minimum absolute atomic E-state index is 0.417. The van der Waals surface area contributed by atoms with Crippen molar-refractivity contribution in [1.29, 1.82) is 5.26 Å². The fourth-order valence-corrected chi connectivity index (χ4v) is 2.00. The molecule has 0 aliphatic carbocycles. The third kappa shape index (κ3) is 2.63. The van der Waals surface area contributed by atoms with Crippen LogP contribution in [0.25, 0.3) is 0 Å². The van der Waals surface area contributed by atoms with Gasteiger partial charge in [0.25, 0.3) is 0 Å². The average molecular weight is 214 g/mol. The van der Waals surface area contributed by atoms with Crippen molar-refractivity contribution in [2.24, 2.45) is 0 Å². The number of rotatable bonds is 1. The average Bonchev–Trinajstić information content (AvgIpc) is 2.54. The Kier molecular flexibility index (Phi) is 3.60. The minimum atomic E-state index is 0.417. The molecule has 82 valence electrons. The standard InChI is InChI=1S/C12H15BN2O/c13-15-5-6-16-9-12(8-15)11-3-1-10(7-14)2-4-11/h1-4,12H,5-6,8-9,13H2. The van der Waals surface area contributed by atoms with Gasteiger partial charge in [-0.15, -0.1) is 0 Å². The van der Waals surface area contributed by atoms with Gasteiger partial charge in [0.2, 0.25) is 0 Å². The largest absolute Gasteiger partial charge is 0.379 e. The first kappa shape index (κ1) is 11.2. The molecular formula is C12H15BN2O. The molecule has 0 bridgehead atoms. The molecule has 4 heteroatoms. The van der Waals surface area contributed by atoms with Crippen LogP contribution in [0.3, 0.4) is 0 Å². The van der Waals surface area contributed by atoms with E-state index in [0.717, 1.165) is 26.3 Å². The Balaban J connectivity index is 2.12. The highest BCUT2D eigenvalue weighted by molar-refractivity contribution is 6.04. The Morgan fingerprint density at radius 2 is 2.12 bits per heavy atom. The number of hydrogen-bond donors (Lipinski definition) is 0. The lowest BCUT2D eigenvalue weighted by molar-refractivity contribution is 0.139. The molecule has 1 unspecified atom stereocenters. The van der Waals surface area contributed by atoms with Crippen LogP contribution in [-0.4, -0.2) is 39.1 Å². The Labute approximate surface area is 97.1 Å². The van der Waals surface area contributed by atoms with Gasteiger partial charge in [-0.1, -0.05) is 12.1 Å². The van der Waals surface area contributed by atoms with E-state index in [0.29, 0.717) is 11.5 Å². The van der Waals surface area contributed by atoms with E-state index in [-0.39, 0.29) is 0 Å².